The van der Waals surface area contributed by atoms with Crippen LogP contribution >= 0.6 is 0 Å². The lowest BCUT2D eigenvalue weighted by atomic mass is 9.95. The molecule has 2 aromatic rings. The predicted molar refractivity (Wildman–Crippen MR) is 77.4 cm³/mol. The van der Waals surface area contributed by atoms with Crippen LogP contribution < -0.4 is 4.90 Å². The fourth-order valence-corrected chi connectivity index (χ4v) is 2.64. The maximum Gasteiger partial charge on any atom is 0.259 e. The average Bonchev–Trinajstić information content (AvgIpc) is 2.54. The zero-order chi connectivity index (χ0) is 13.9. The molecule has 1 atom stereocenters. The topological polar surface area (TPSA) is 44.1 Å². The van der Waals surface area contributed by atoms with Crippen LogP contribution in [0.3, 0.4) is 0 Å². The number of hydrogen-bond acceptors (Lipinski definition) is 2. The summed E-state index contributed by atoms with van der Waals surface area (Å²) in [4.78, 5) is 14.3. The van der Waals surface area contributed by atoms with Gasteiger partial charge in [0.2, 0.25) is 0 Å². The molecule has 0 radical (unpaired) electrons. The largest absolute Gasteiger partial charge is 0.292 e. The molecular weight excluding hydrogens is 248 g/mol. The Balaban J connectivity index is 2.06. The Bertz CT molecular complexity index is 673. The van der Waals surface area contributed by atoms with E-state index in [2.05, 4.69) is 6.07 Å². The molecule has 0 spiro atoms. The Hall–Kier alpha value is -2.60. The predicted octanol–water partition coefficient (Wildman–Crippen LogP) is 3.17. The molecule has 20 heavy (non-hydrogen) atoms. The third kappa shape index (κ3) is 2.06. The zero-order valence-electron chi connectivity index (χ0n) is 11.0. The Morgan fingerprint density at radius 2 is 1.80 bits per heavy atom. The average molecular weight is 262 g/mol. The van der Waals surface area contributed by atoms with Crippen LogP contribution in [0.5, 0.6) is 0 Å². The van der Waals surface area contributed by atoms with E-state index in [1.54, 1.807) is 17.0 Å². The summed E-state index contributed by atoms with van der Waals surface area (Å²) in [6, 6.07) is 18.8. The van der Waals surface area contributed by atoms with Crippen molar-refractivity contribution in [1.29, 1.82) is 5.26 Å². The van der Waals surface area contributed by atoms with Crippen molar-refractivity contribution in [3.8, 4) is 6.07 Å². The minimum Gasteiger partial charge on any atom is -0.292 e. The van der Waals surface area contributed by atoms with Gasteiger partial charge < -0.3 is 0 Å². The highest BCUT2D eigenvalue weighted by atomic mass is 16.2. The Morgan fingerprint density at radius 1 is 1.10 bits per heavy atom. The summed E-state index contributed by atoms with van der Waals surface area (Å²) in [5.41, 5.74) is 2.60. The molecule has 0 aromatic heterocycles. The third-order valence-corrected chi connectivity index (χ3v) is 3.64. The number of hydrogen-bond donors (Lipinski definition) is 0. The highest BCUT2D eigenvalue weighted by molar-refractivity contribution is 6.07. The van der Waals surface area contributed by atoms with Crippen LogP contribution in [-0.2, 0) is 6.42 Å². The molecule has 98 valence electrons. The van der Waals surface area contributed by atoms with Gasteiger partial charge in [0.25, 0.3) is 5.91 Å². The van der Waals surface area contributed by atoms with E-state index >= 15 is 0 Å². The molecule has 0 saturated carbocycles. The fraction of sp³-hybridized carbons (Fsp3) is 0.176. The Labute approximate surface area is 118 Å². The van der Waals surface area contributed by atoms with Crippen LogP contribution in [-0.4, -0.2) is 11.9 Å². The van der Waals surface area contributed by atoms with Gasteiger partial charge in [0.15, 0.2) is 0 Å². The van der Waals surface area contributed by atoms with Crippen LogP contribution in [0.15, 0.2) is 54.6 Å². The lowest BCUT2D eigenvalue weighted by Crippen LogP contribution is -2.43. The van der Waals surface area contributed by atoms with Gasteiger partial charge >= 0.3 is 0 Å². The highest BCUT2D eigenvalue weighted by Crippen LogP contribution is 2.31. The van der Waals surface area contributed by atoms with Crippen molar-refractivity contribution < 1.29 is 4.79 Å². The van der Waals surface area contributed by atoms with Crippen molar-refractivity contribution in [2.45, 2.75) is 18.9 Å². The van der Waals surface area contributed by atoms with Crippen LogP contribution in [0.25, 0.3) is 0 Å². The van der Waals surface area contributed by atoms with E-state index in [0.717, 1.165) is 17.7 Å². The van der Waals surface area contributed by atoms with Gasteiger partial charge in [-0.3, -0.25) is 9.69 Å². The monoisotopic (exact) mass is 262 g/mol. The summed E-state index contributed by atoms with van der Waals surface area (Å²) in [6.45, 7) is 0. The molecule has 0 saturated heterocycles. The van der Waals surface area contributed by atoms with Gasteiger partial charge in [-0.25, -0.2) is 0 Å². The number of nitrogens with zero attached hydrogens (tertiary/aromatic N) is 2. The van der Waals surface area contributed by atoms with Crippen LogP contribution in [0, 0.1) is 11.3 Å². The van der Waals surface area contributed by atoms with Gasteiger partial charge in [0.05, 0.1) is 6.07 Å². The molecule has 3 rings (SSSR count). The molecular formula is C17H14N2O. The van der Waals surface area contributed by atoms with Crippen molar-refractivity contribution in [2.24, 2.45) is 0 Å². The second-order valence-electron chi connectivity index (χ2n) is 4.85. The van der Waals surface area contributed by atoms with E-state index < -0.39 is 6.04 Å². The molecule has 3 nitrogen and oxygen atoms in total. The number of rotatable bonds is 1. The molecule has 1 unspecified atom stereocenters. The van der Waals surface area contributed by atoms with Gasteiger partial charge in [0, 0.05) is 11.3 Å². The first-order chi connectivity index (χ1) is 9.81. The Morgan fingerprint density at radius 3 is 2.55 bits per heavy atom. The van der Waals surface area contributed by atoms with E-state index in [0.29, 0.717) is 12.0 Å². The number of benzene rings is 2. The third-order valence-electron chi connectivity index (χ3n) is 3.64. The lowest BCUT2D eigenvalue weighted by Gasteiger charge is -2.33. The molecule has 0 bridgehead atoms. The highest BCUT2D eigenvalue weighted by Gasteiger charge is 2.31. The fourth-order valence-electron chi connectivity index (χ4n) is 2.64. The first-order valence-corrected chi connectivity index (χ1v) is 6.67. The maximum absolute atomic E-state index is 12.7. The van der Waals surface area contributed by atoms with Gasteiger partial charge in [0.1, 0.15) is 6.04 Å². The number of carbonyl (C=O) groups is 1. The van der Waals surface area contributed by atoms with Crippen molar-refractivity contribution in [1.82, 2.24) is 0 Å². The van der Waals surface area contributed by atoms with E-state index in [-0.39, 0.29) is 5.91 Å². The van der Waals surface area contributed by atoms with E-state index in [1.165, 1.54) is 0 Å². The first-order valence-electron chi connectivity index (χ1n) is 6.67. The molecule has 0 fully saturated rings. The number of nitriles is 1. The maximum atomic E-state index is 12.7. The van der Waals surface area contributed by atoms with Crippen molar-refractivity contribution in [3.05, 3.63) is 65.7 Å². The number of fused-ring (bicyclic) bond motifs is 1. The molecule has 0 aliphatic carbocycles. The summed E-state index contributed by atoms with van der Waals surface area (Å²) in [6.07, 6.45) is 1.53. The van der Waals surface area contributed by atoms with Crippen molar-refractivity contribution >= 4 is 11.6 Å². The van der Waals surface area contributed by atoms with Gasteiger partial charge in [-0.05, 0) is 36.6 Å². The molecule has 2 aromatic carbocycles. The normalized spacial score (nSPS) is 17.1. The Kier molecular flexibility index (Phi) is 3.22. The second kappa shape index (κ2) is 5.18. The number of para-hydroxylation sites is 1. The van der Waals surface area contributed by atoms with Gasteiger partial charge in [-0.2, -0.15) is 5.26 Å². The van der Waals surface area contributed by atoms with Crippen molar-refractivity contribution in [2.75, 3.05) is 4.90 Å². The number of anilines is 1. The summed E-state index contributed by atoms with van der Waals surface area (Å²) < 4.78 is 0. The lowest BCUT2D eigenvalue weighted by molar-refractivity contribution is 0.0979. The quantitative estimate of drug-likeness (QED) is 0.792. The van der Waals surface area contributed by atoms with E-state index in [9.17, 15) is 10.1 Å². The molecule has 3 heteroatoms. The number of amides is 1. The summed E-state index contributed by atoms with van der Waals surface area (Å²) in [5, 5.41) is 9.34. The number of aryl methyl sites for hydroxylation is 1. The van der Waals surface area contributed by atoms with Gasteiger partial charge in [-0.1, -0.05) is 36.4 Å². The van der Waals surface area contributed by atoms with Crippen LogP contribution in [0.4, 0.5) is 5.69 Å². The van der Waals surface area contributed by atoms with Gasteiger partial charge in [-0.15, -0.1) is 0 Å². The SMILES string of the molecule is N#CC1CCc2ccccc2N1C(=O)c1ccccc1. The van der Waals surface area contributed by atoms with E-state index in [1.807, 2.05) is 42.5 Å². The minimum atomic E-state index is -0.391. The van der Waals surface area contributed by atoms with Crippen LogP contribution in [0.1, 0.15) is 22.3 Å². The standard InChI is InChI=1S/C17H14N2O/c18-12-15-11-10-13-6-4-5-9-16(13)19(15)17(20)14-7-2-1-3-8-14/h1-9,15H,10-11H2. The molecule has 1 amide bonds. The second-order valence-corrected chi connectivity index (χ2v) is 4.85. The van der Waals surface area contributed by atoms with Crippen molar-refractivity contribution in [3.63, 3.8) is 0 Å². The molecule has 1 aliphatic rings. The molecule has 1 aliphatic heterocycles. The van der Waals surface area contributed by atoms with Crippen LogP contribution in [0.2, 0.25) is 0 Å². The van der Waals surface area contributed by atoms with E-state index in [4.69, 9.17) is 0 Å². The zero-order valence-corrected chi connectivity index (χ0v) is 11.0. The smallest absolute Gasteiger partial charge is 0.259 e. The minimum absolute atomic E-state index is 0.107. The summed E-state index contributed by atoms with van der Waals surface area (Å²) in [7, 11) is 0. The summed E-state index contributed by atoms with van der Waals surface area (Å²) >= 11 is 0. The summed E-state index contributed by atoms with van der Waals surface area (Å²) in [5.74, 6) is -0.107. The first kappa shape index (κ1) is 12.4. The number of carbonyl (C=O) groups excluding carboxylic acids is 1. The molecule has 0 N–H and O–H groups in total. The molecule has 1 heterocycles.